The maximum Gasteiger partial charge on any atom is 0.0403 e. The van der Waals surface area contributed by atoms with Crippen LogP contribution in [0.15, 0.2) is 42.5 Å². The van der Waals surface area contributed by atoms with Crippen molar-refractivity contribution in [2.75, 3.05) is 17.8 Å². The molecule has 1 saturated carbocycles. The molecule has 0 spiro atoms. The molecular weight excluding hydrogens is 382 g/mol. The average molecular weight is 422 g/mol. The molecule has 1 aromatic carbocycles. The van der Waals surface area contributed by atoms with Crippen molar-refractivity contribution in [2.24, 2.45) is 5.92 Å². The van der Waals surface area contributed by atoms with Crippen LogP contribution in [0.25, 0.3) is 0 Å². The minimum Gasteiger partial charge on any atom is -0.253 e. The molecular formula is C24H39NOS2. The van der Waals surface area contributed by atoms with Crippen LogP contribution in [0, 0.1) is 5.92 Å². The molecule has 2 unspecified atom stereocenters. The summed E-state index contributed by atoms with van der Waals surface area (Å²) in [7, 11) is -3.42. The first-order chi connectivity index (χ1) is 13.1. The van der Waals surface area contributed by atoms with Gasteiger partial charge in [-0.1, -0.05) is 73.5 Å². The lowest BCUT2D eigenvalue weighted by atomic mass is 9.91. The van der Waals surface area contributed by atoms with Crippen LogP contribution in [-0.2, 0) is 16.1 Å². The van der Waals surface area contributed by atoms with Crippen molar-refractivity contribution in [1.82, 2.24) is 4.72 Å². The summed E-state index contributed by atoms with van der Waals surface area (Å²) in [6, 6.07) is 10.5. The summed E-state index contributed by atoms with van der Waals surface area (Å²) < 4.78 is 16.7. The third kappa shape index (κ3) is 9.02. The van der Waals surface area contributed by atoms with E-state index in [1.54, 1.807) is 0 Å². The van der Waals surface area contributed by atoms with E-state index in [9.17, 15) is 4.21 Å². The molecule has 0 aliphatic heterocycles. The Morgan fingerprint density at radius 3 is 2.39 bits per heavy atom. The molecule has 1 aliphatic rings. The second kappa shape index (κ2) is 10.7. The predicted octanol–water partition coefficient (Wildman–Crippen LogP) is 5.03. The molecule has 2 rings (SSSR count). The summed E-state index contributed by atoms with van der Waals surface area (Å²) in [6.07, 6.45) is 11.1. The lowest BCUT2D eigenvalue weighted by Crippen LogP contribution is -2.39. The summed E-state index contributed by atoms with van der Waals surface area (Å²) in [6.45, 7) is 4.35. The molecule has 0 aromatic heterocycles. The first kappa shape index (κ1) is 23.3. The summed E-state index contributed by atoms with van der Waals surface area (Å²) in [4.78, 5) is 0. The van der Waals surface area contributed by atoms with Gasteiger partial charge < -0.3 is 0 Å². The van der Waals surface area contributed by atoms with Crippen LogP contribution in [0.2, 0.25) is 0 Å². The zero-order valence-electron chi connectivity index (χ0n) is 17.7. The Hall–Kier alpha value is -0.970. The van der Waals surface area contributed by atoms with Crippen molar-refractivity contribution in [2.45, 2.75) is 57.4 Å². The zero-order chi connectivity index (χ0) is 20.6. The van der Waals surface area contributed by atoms with Crippen LogP contribution in [0.1, 0.15) is 50.5 Å². The maximum atomic E-state index is 13.3. The van der Waals surface area contributed by atoms with Gasteiger partial charge in [-0.05, 0) is 61.5 Å². The van der Waals surface area contributed by atoms with Gasteiger partial charge in [0.05, 0.1) is 0 Å². The first-order valence-electron chi connectivity index (χ1n) is 10.4. The van der Waals surface area contributed by atoms with Crippen molar-refractivity contribution in [3.8, 4) is 0 Å². The van der Waals surface area contributed by atoms with Gasteiger partial charge in [0.2, 0.25) is 0 Å². The lowest BCUT2D eigenvalue weighted by Gasteiger charge is -2.28. The third-order valence-electron chi connectivity index (χ3n) is 5.56. The fourth-order valence-corrected chi connectivity index (χ4v) is 6.71. The minimum absolute atomic E-state index is 0.0210. The summed E-state index contributed by atoms with van der Waals surface area (Å²) in [5, 5.41) is 0. The number of hydrogen-bond acceptors (Lipinski definition) is 1. The molecule has 0 saturated heterocycles. The Labute approximate surface area is 174 Å². The van der Waals surface area contributed by atoms with Crippen molar-refractivity contribution in [3.63, 3.8) is 0 Å². The van der Waals surface area contributed by atoms with Gasteiger partial charge in [-0.15, -0.1) is 0 Å². The number of rotatable bonds is 11. The van der Waals surface area contributed by atoms with Gasteiger partial charge >= 0.3 is 0 Å². The van der Waals surface area contributed by atoms with E-state index in [1.165, 1.54) is 37.7 Å². The van der Waals surface area contributed by atoms with Crippen molar-refractivity contribution in [1.29, 1.82) is 0 Å². The van der Waals surface area contributed by atoms with Crippen LogP contribution in [0.4, 0.5) is 0 Å². The quantitative estimate of drug-likeness (QED) is 0.394. The van der Waals surface area contributed by atoms with E-state index < -0.39 is 18.9 Å². The standard InChI is InChI=1S/C24H39NOS2/c1-21(16-17-22-12-8-6-9-13-22)24(18-19-27(2,3)4)25-28(5,26)20-23-14-10-7-11-15-23/h6,8-9,12-13,23-24H,1-3,5,7,10-11,14-20H2,4H3,(H,25,26). The first-order valence-corrected chi connectivity index (χ1v) is 14.8. The van der Waals surface area contributed by atoms with Crippen LogP contribution in [-0.4, -0.2) is 45.6 Å². The molecule has 0 bridgehead atoms. The largest absolute Gasteiger partial charge is 0.253 e. The highest BCUT2D eigenvalue weighted by Crippen LogP contribution is 2.26. The van der Waals surface area contributed by atoms with Crippen LogP contribution >= 0.6 is 9.21 Å². The van der Waals surface area contributed by atoms with E-state index in [2.05, 4.69) is 59.4 Å². The Kier molecular flexibility index (Phi) is 8.91. The molecule has 1 aliphatic carbocycles. The van der Waals surface area contributed by atoms with Crippen molar-refractivity contribution in [3.05, 3.63) is 48.0 Å². The summed E-state index contributed by atoms with van der Waals surface area (Å²) >= 11 is 0. The Morgan fingerprint density at radius 2 is 1.79 bits per heavy atom. The van der Waals surface area contributed by atoms with E-state index in [0.29, 0.717) is 11.7 Å². The van der Waals surface area contributed by atoms with Gasteiger partial charge in [0.25, 0.3) is 0 Å². The molecule has 1 aromatic rings. The Balaban J connectivity index is 2.01. The molecule has 1 fully saturated rings. The molecule has 2 nitrogen and oxygen atoms in total. The number of benzene rings is 1. The van der Waals surface area contributed by atoms with Gasteiger partial charge in [0, 0.05) is 21.5 Å². The number of nitrogens with one attached hydrogen (secondary N) is 1. The fourth-order valence-electron chi connectivity index (χ4n) is 3.91. The van der Waals surface area contributed by atoms with Gasteiger partial charge in [-0.25, -0.2) is 13.9 Å². The highest BCUT2D eigenvalue weighted by Gasteiger charge is 2.22. The van der Waals surface area contributed by atoms with E-state index in [4.69, 9.17) is 0 Å². The summed E-state index contributed by atoms with van der Waals surface area (Å²) in [5.74, 6) is 14.7. The Bertz CT molecular complexity index is 817. The SMILES string of the molecule is C=C(CCc1ccccc1)C(CCS(=C)(=C)C)NS(=C)(=O)CC1CCCCC1. The second-order valence-corrected chi connectivity index (χ2v) is 14.3. The van der Waals surface area contributed by atoms with Gasteiger partial charge in [-0.3, -0.25) is 4.21 Å². The Morgan fingerprint density at radius 1 is 1.14 bits per heavy atom. The highest BCUT2D eigenvalue weighted by molar-refractivity contribution is 8.27. The van der Waals surface area contributed by atoms with Gasteiger partial charge in [0.1, 0.15) is 0 Å². The molecule has 4 heteroatoms. The van der Waals surface area contributed by atoms with Crippen molar-refractivity contribution < 1.29 is 4.21 Å². The van der Waals surface area contributed by atoms with Crippen LogP contribution in [0.5, 0.6) is 0 Å². The molecule has 0 heterocycles. The van der Waals surface area contributed by atoms with Crippen LogP contribution in [0.3, 0.4) is 0 Å². The average Bonchev–Trinajstić information content (AvgIpc) is 2.63. The lowest BCUT2D eigenvalue weighted by molar-refractivity contribution is 0.387. The van der Waals surface area contributed by atoms with E-state index in [-0.39, 0.29) is 6.04 Å². The number of hydrogen-bond donors (Lipinski definition) is 1. The smallest absolute Gasteiger partial charge is 0.0403 e. The predicted molar refractivity (Wildman–Crippen MR) is 135 cm³/mol. The van der Waals surface area contributed by atoms with E-state index >= 15 is 0 Å². The monoisotopic (exact) mass is 421 g/mol. The normalized spacial score (nSPS) is 19.0. The van der Waals surface area contributed by atoms with Crippen LogP contribution < -0.4 is 4.72 Å². The second-order valence-electron chi connectivity index (χ2n) is 8.77. The number of aryl methyl sites for hydroxylation is 1. The van der Waals surface area contributed by atoms with Gasteiger partial charge in [-0.2, -0.15) is 0 Å². The maximum absolute atomic E-state index is 13.3. The zero-order valence-corrected chi connectivity index (χ0v) is 19.3. The fraction of sp³-hybridized carbons (Fsp3) is 0.542. The van der Waals surface area contributed by atoms with E-state index in [1.807, 2.05) is 6.07 Å². The molecule has 1 N–H and O–H groups in total. The topological polar surface area (TPSA) is 29.1 Å². The molecule has 2 atom stereocenters. The highest BCUT2D eigenvalue weighted by atomic mass is 32.2. The van der Waals surface area contributed by atoms with E-state index in [0.717, 1.165) is 30.6 Å². The molecule has 0 amide bonds. The third-order valence-corrected chi connectivity index (χ3v) is 8.50. The van der Waals surface area contributed by atoms with Crippen molar-refractivity contribution >= 4 is 36.5 Å². The molecule has 0 radical (unpaired) electrons. The molecule has 158 valence electrons. The molecule has 28 heavy (non-hydrogen) atoms. The van der Waals surface area contributed by atoms with Gasteiger partial charge in [0.15, 0.2) is 0 Å². The summed E-state index contributed by atoms with van der Waals surface area (Å²) in [5.41, 5.74) is 2.43. The minimum atomic E-state index is -2.32.